The Kier molecular flexibility index (Phi) is 8.48. The molecule has 55 heavy (non-hydrogen) atoms. The highest BCUT2D eigenvalue weighted by atomic mass is 15.0. The van der Waals surface area contributed by atoms with Crippen molar-refractivity contribution in [1.82, 2.24) is 4.57 Å². The summed E-state index contributed by atoms with van der Waals surface area (Å²) in [6.45, 7) is 4.29. The first-order chi connectivity index (χ1) is 27.0. The molecule has 3 heteroatoms. The fraction of sp³-hybridized carbons (Fsp3) is 0.0577. The van der Waals surface area contributed by atoms with E-state index in [4.69, 9.17) is 11.1 Å². The first-order valence-electron chi connectivity index (χ1n) is 18.8. The Morgan fingerprint density at radius 1 is 0.491 bits per heavy atom. The molecule has 3 nitrogen and oxygen atoms in total. The maximum atomic E-state index is 7.01. The van der Waals surface area contributed by atoms with Crippen LogP contribution in [0.4, 0.5) is 0 Å². The van der Waals surface area contributed by atoms with Crippen LogP contribution in [-0.2, 0) is 5.41 Å². The summed E-state index contributed by atoms with van der Waals surface area (Å²) < 4.78 is 2.51. The van der Waals surface area contributed by atoms with Gasteiger partial charge in [-0.25, -0.2) is 0 Å². The summed E-state index contributed by atoms with van der Waals surface area (Å²) in [5, 5.41) is 9.64. The lowest BCUT2D eigenvalue weighted by atomic mass is 9.65. The largest absolute Gasteiger partial charge is 0.384 e. The summed E-state index contributed by atoms with van der Waals surface area (Å²) in [6, 6.07) is 69.3. The van der Waals surface area contributed by atoms with Gasteiger partial charge in [-0.15, -0.1) is 0 Å². The molecular formula is C52H41N3. The van der Waals surface area contributed by atoms with Crippen molar-refractivity contribution in [1.29, 1.82) is 5.41 Å². The molecule has 3 N–H and O–H groups in total. The lowest BCUT2D eigenvalue weighted by molar-refractivity contribution is 0.749. The molecule has 0 amide bonds. The van der Waals surface area contributed by atoms with Crippen molar-refractivity contribution in [3.63, 3.8) is 0 Å². The van der Waals surface area contributed by atoms with Crippen LogP contribution in [0.5, 0.6) is 0 Å². The van der Waals surface area contributed by atoms with Gasteiger partial charge in [-0.1, -0.05) is 181 Å². The number of amidine groups is 1. The zero-order valence-corrected chi connectivity index (χ0v) is 31.0. The number of hydrogen-bond donors (Lipinski definition) is 2. The highest BCUT2D eigenvalue weighted by Crippen LogP contribution is 2.61. The number of rotatable bonds is 2. The first-order valence-corrected chi connectivity index (χ1v) is 18.8. The van der Waals surface area contributed by atoms with E-state index in [-0.39, 0.29) is 5.84 Å². The first kappa shape index (κ1) is 33.8. The molecule has 2 heterocycles. The molecule has 2 aliphatic rings. The van der Waals surface area contributed by atoms with Gasteiger partial charge in [-0.2, -0.15) is 0 Å². The standard InChI is InChI=1S/C38H25N.C7H8N2.C7H8/c1-24-11-2-3-12-26(24)25-21-22-28-27-13-4-6-16-31(27)38(34(28)23-25)32-17-7-9-20-36(32)39-35-19-8-5-14-29(35)30-15-10-18-33(38)37(30)39;8-7(9)6-4-2-1-3-5-6;1-7-5-3-2-4-6-7/h2-23H,1H3;1-5H,(H3,8,9);2-6H,1H3. The number of nitrogens with two attached hydrogens (primary N) is 1. The highest BCUT2D eigenvalue weighted by Gasteiger charge is 2.50. The van der Waals surface area contributed by atoms with E-state index in [1.54, 1.807) is 0 Å². The van der Waals surface area contributed by atoms with Gasteiger partial charge in [0.15, 0.2) is 0 Å². The molecule has 0 saturated heterocycles. The number of nitrogens with one attached hydrogen (secondary N) is 1. The zero-order valence-electron chi connectivity index (χ0n) is 31.0. The van der Waals surface area contributed by atoms with E-state index in [1.807, 2.05) is 48.5 Å². The van der Waals surface area contributed by atoms with E-state index < -0.39 is 5.41 Å². The fourth-order valence-electron chi connectivity index (χ4n) is 8.78. The predicted octanol–water partition coefficient (Wildman–Crippen LogP) is 12.4. The SMILES string of the molecule is Cc1ccccc1.Cc1ccccc1-c1ccc2c(c1)C1(c3ccccc3-2)c2ccccc2-n2c3ccccc3c3cccc1c32.N=C(N)c1ccccc1. The second-order valence-corrected chi connectivity index (χ2v) is 14.4. The smallest absolute Gasteiger partial charge is 0.122 e. The van der Waals surface area contributed by atoms with Gasteiger partial charge in [0.25, 0.3) is 0 Å². The van der Waals surface area contributed by atoms with Crippen molar-refractivity contribution in [3.05, 3.63) is 233 Å². The molecule has 0 fully saturated rings. The van der Waals surface area contributed by atoms with E-state index in [0.29, 0.717) is 0 Å². The van der Waals surface area contributed by atoms with Crippen molar-refractivity contribution in [2.75, 3.05) is 0 Å². The molecule has 1 aromatic heterocycles. The van der Waals surface area contributed by atoms with Crippen LogP contribution in [0.3, 0.4) is 0 Å². The minimum Gasteiger partial charge on any atom is -0.384 e. The molecule has 0 radical (unpaired) electrons. The summed E-state index contributed by atoms with van der Waals surface area (Å²) >= 11 is 0. The van der Waals surface area contributed by atoms with Crippen LogP contribution in [0.15, 0.2) is 194 Å². The van der Waals surface area contributed by atoms with Crippen LogP contribution < -0.4 is 5.73 Å². The minimum absolute atomic E-state index is 0.121. The summed E-state index contributed by atoms with van der Waals surface area (Å²) in [6.07, 6.45) is 0. The van der Waals surface area contributed by atoms with Gasteiger partial charge in [-0.05, 0) is 82.1 Å². The number of aryl methyl sites for hydroxylation is 2. The molecule has 1 aliphatic heterocycles. The Morgan fingerprint density at radius 2 is 1.07 bits per heavy atom. The van der Waals surface area contributed by atoms with E-state index in [0.717, 1.165) is 5.56 Å². The third kappa shape index (κ3) is 5.47. The molecule has 11 rings (SSSR count). The van der Waals surface area contributed by atoms with Crippen molar-refractivity contribution in [2.45, 2.75) is 19.3 Å². The fourth-order valence-corrected chi connectivity index (χ4v) is 8.78. The third-order valence-corrected chi connectivity index (χ3v) is 11.2. The highest BCUT2D eigenvalue weighted by molar-refractivity contribution is 6.12. The van der Waals surface area contributed by atoms with E-state index in [1.165, 1.54) is 83.1 Å². The normalized spacial score (nSPS) is 14.2. The number of fused-ring (bicyclic) bond motifs is 12. The molecule has 0 bridgehead atoms. The summed E-state index contributed by atoms with van der Waals surface area (Å²) in [7, 11) is 0. The van der Waals surface area contributed by atoms with Gasteiger partial charge in [-0.3, -0.25) is 5.41 Å². The number of benzene rings is 8. The van der Waals surface area contributed by atoms with Crippen LogP contribution in [-0.4, -0.2) is 10.4 Å². The molecule has 1 atom stereocenters. The predicted molar refractivity (Wildman–Crippen MR) is 230 cm³/mol. The Bertz CT molecular complexity index is 2870. The maximum absolute atomic E-state index is 7.01. The average molecular weight is 708 g/mol. The molecule has 1 unspecified atom stereocenters. The van der Waals surface area contributed by atoms with Crippen molar-refractivity contribution >= 4 is 27.6 Å². The number of nitrogen functional groups attached to an aromatic ring is 1. The molecular weight excluding hydrogens is 667 g/mol. The van der Waals surface area contributed by atoms with Gasteiger partial charge in [0.2, 0.25) is 0 Å². The molecule has 264 valence electrons. The number of aromatic nitrogens is 1. The lowest BCUT2D eigenvalue weighted by Gasteiger charge is -2.39. The van der Waals surface area contributed by atoms with E-state index in [2.05, 4.69) is 164 Å². The van der Waals surface area contributed by atoms with Crippen LogP contribution in [0.2, 0.25) is 0 Å². The number of hydrogen-bond acceptors (Lipinski definition) is 1. The van der Waals surface area contributed by atoms with Crippen molar-refractivity contribution in [3.8, 4) is 27.9 Å². The summed E-state index contributed by atoms with van der Waals surface area (Å²) in [5.74, 6) is 0.121. The van der Waals surface area contributed by atoms with Gasteiger partial charge in [0.05, 0.1) is 22.1 Å². The number of para-hydroxylation sites is 3. The van der Waals surface area contributed by atoms with Crippen LogP contribution in [0, 0.1) is 19.3 Å². The van der Waals surface area contributed by atoms with Crippen LogP contribution >= 0.6 is 0 Å². The molecule has 1 aliphatic carbocycles. The Hall–Kier alpha value is -6.97. The quantitative estimate of drug-likeness (QED) is 0.136. The second-order valence-electron chi connectivity index (χ2n) is 14.4. The van der Waals surface area contributed by atoms with Crippen molar-refractivity contribution < 1.29 is 0 Å². The van der Waals surface area contributed by atoms with Crippen molar-refractivity contribution in [2.24, 2.45) is 5.73 Å². The monoisotopic (exact) mass is 707 g/mol. The maximum Gasteiger partial charge on any atom is 0.122 e. The van der Waals surface area contributed by atoms with E-state index >= 15 is 0 Å². The third-order valence-electron chi connectivity index (χ3n) is 11.2. The van der Waals surface area contributed by atoms with Crippen LogP contribution in [0.1, 0.15) is 38.9 Å². The van der Waals surface area contributed by atoms with Crippen LogP contribution in [0.25, 0.3) is 49.7 Å². The number of nitrogens with zero attached hydrogens (tertiary/aromatic N) is 1. The van der Waals surface area contributed by atoms with E-state index in [9.17, 15) is 0 Å². The summed E-state index contributed by atoms with van der Waals surface area (Å²) in [5.41, 5.74) is 22.7. The lowest BCUT2D eigenvalue weighted by Crippen LogP contribution is -2.33. The topological polar surface area (TPSA) is 54.8 Å². The van der Waals surface area contributed by atoms with Gasteiger partial charge in [0, 0.05) is 16.3 Å². The average Bonchev–Trinajstić information content (AvgIpc) is 3.72. The molecule has 0 saturated carbocycles. The summed E-state index contributed by atoms with van der Waals surface area (Å²) in [4.78, 5) is 0. The second kappa shape index (κ2) is 13.8. The molecule has 8 aromatic carbocycles. The zero-order chi connectivity index (χ0) is 37.5. The van der Waals surface area contributed by atoms with Gasteiger partial charge in [0.1, 0.15) is 5.84 Å². The Labute approximate surface area is 322 Å². The Morgan fingerprint density at radius 3 is 1.78 bits per heavy atom. The minimum atomic E-state index is -0.398. The molecule has 9 aromatic rings. The van der Waals surface area contributed by atoms with Gasteiger partial charge < -0.3 is 10.3 Å². The van der Waals surface area contributed by atoms with Gasteiger partial charge >= 0.3 is 0 Å². The Balaban J connectivity index is 0.000000207. The molecule has 1 spiro atoms.